The number of nitrogens with zero attached hydrogens (tertiary/aromatic N) is 2. The van der Waals surface area contributed by atoms with Crippen molar-refractivity contribution in [1.82, 2.24) is 15.2 Å². The first-order valence-electron chi connectivity index (χ1n) is 9.12. The van der Waals surface area contributed by atoms with Gasteiger partial charge in [0.25, 0.3) is 0 Å². The lowest BCUT2D eigenvalue weighted by molar-refractivity contribution is -0.135. The summed E-state index contributed by atoms with van der Waals surface area (Å²) in [6.07, 6.45) is 5.35. The second-order valence-electron chi connectivity index (χ2n) is 6.90. The van der Waals surface area contributed by atoms with Crippen molar-refractivity contribution in [2.45, 2.75) is 32.7 Å². The molecule has 0 atom stereocenters. The van der Waals surface area contributed by atoms with Gasteiger partial charge in [-0.3, -0.25) is 14.6 Å². The fraction of sp³-hybridized carbons (Fsp3) is 0.381. The molecule has 2 aromatic rings. The van der Waals surface area contributed by atoms with Crippen LogP contribution < -0.4 is 5.32 Å². The Hall–Kier alpha value is -2.69. The molecule has 2 heterocycles. The Labute approximate surface area is 154 Å². The maximum absolute atomic E-state index is 12.5. The number of carbonyl (C=O) groups is 2. The fourth-order valence-electron chi connectivity index (χ4n) is 3.34. The van der Waals surface area contributed by atoms with E-state index in [-0.39, 0.29) is 17.7 Å². The Kier molecular flexibility index (Phi) is 6.00. The zero-order chi connectivity index (χ0) is 18.4. The van der Waals surface area contributed by atoms with Gasteiger partial charge in [-0.15, -0.1) is 0 Å². The van der Waals surface area contributed by atoms with Crippen molar-refractivity contribution in [3.63, 3.8) is 0 Å². The van der Waals surface area contributed by atoms with Gasteiger partial charge < -0.3 is 10.2 Å². The molecule has 136 valence electrons. The largest absolute Gasteiger partial charge is 0.352 e. The van der Waals surface area contributed by atoms with Gasteiger partial charge in [-0.1, -0.05) is 35.9 Å². The van der Waals surface area contributed by atoms with Crippen LogP contribution in [0.2, 0.25) is 0 Å². The lowest BCUT2D eigenvalue weighted by atomic mass is 9.95. The van der Waals surface area contributed by atoms with Crippen LogP contribution in [0.25, 0.3) is 0 Å². The molecule has 0 bridgehead atoms. The third-order valence-corrected chi connectivity index (χ3v) is 4.85. The van der Waals surface area contributed by atoms with E-state index in [9.17, 15) is 9.59 Å². The number of carbonyl (C=O) groups excluding carboxylic acids is 2. The number of hydrogen-bond acceptors (Lipinski definition) is 3. The van der Waals surface area contributed by atoms with E-state index in [0.29, 0.717) is 26.1 Å². The number of aryl methyl sites for hydroxylation is 1. The van der Waals surface area contributed by atoms with E-state index in [2.05, 4.69) is 16.4 Å². The lowest BCUT2D eigenvalue weighted by Gasteiger charge is -2.31. The Bertz CT molecular complexity index is 753. The smallest absolute Gasteiger partial charge is 0.226 e. The van der Waals surface area contributed by atoms with Gasteiger partial charge in [-0.2, -0.15) is 0 Å². The zero-order valence-electron chi connectivity index (χ0n) is 15.1. The minimum absolute atomic E-state index is 0.0188. The minimum atomic E-state index is -0.0188. The average molecular weight is 351 g/mol. The van der Waals surface area contributed by atoms with Crippen LogP contribution >= 0.6 is 0 Å². The molecule has 0 spiro atoms. The predicted molar refractivity (Wildman–Crippen MR) is 100 cm³/mol. The van der Waals surface area contributed by atoms with Crippen molar-refractivity contribution >= 4 is 11.8 Å². The first-order chi connectivity index (χ1) is 12.6. The quantitative estimate of drug-likeness (QED) is 0.900. The third-order valence-electron chi connectivity index (χ3n) is 4.85. The van der Waals surface area contributed by atoms with Gasteiger partial charge in [0.05, 0.1) is 6.42 Å². The number of aromatic nitrogens is 1. The third kappa shape index (κ3) is 4.91. The van der Waals surface area contributed by atoms with Gasteiger partial charge >= 0.3 is 0 Å². The van der Waals surface area contributed by atoms with Crippen molar-refractivity contribution in [1.29, 1.82) is 0 Å². The molecule has 1 saturated heterocycles. The van der Waals surface area contributed by atoms with Gasteiger partial charge in [0.2, 0.25) is 11.8 Å². The molecule has 0 aliphatic carbocycles. The van der Waals surface area contributed by atoms with Gasteiger partial charge in [-0.05, 0) is 37.0 Å². The molecule has 1 aromatic carbocycles. The molecule has 1 aromatic heterocycles. The molecule has 1 aliphatic rings. The van der Waals surface area contributed by atoms with Crippen molar-refractivity contribution in [3.8, 4) is 0 Å². The van der Waals surface area contributed by atoms with Crippen LogP contribution in [0.4, 0.5) is 0 Å². The second-order valence-corrected chi connectivity index (χ2v) is 6.90. The summed E-state index contributed by atoms with van der Waals surface area (Å²) in [6, 6.07) is 11.9. The maximum atomic E-state index is 12.5. The summed E-state index contributed by atoms with van der Waals surface area (Å²) < 4.78 is 0. The number of nitrogens with one attached hydrogen (secondary N) is 1. The first-order valence-corrected chi connectivity index (χ1v) is 9.12. The van der Waals surface area contributed by atoms with Crippen LogP contribution in [0.3, 0.4) is 0 Å². The predicted octanol–water partition coefficient (Wildman–Crippen LogP) is 2.49. The maximum Gasteiger partial charge on any atom is 0.226 e. The highest BCUT2D eigenvalue weighted by molar-refractivity contribution is 5.81. The second kappa shape index (κ2) is 8.61. The molecule has 1 fully saturated rings. The van der Waals surface area contributed by atoms with E-state index < -0.39 is 0 Å². The van der Waals surface area contributed by atoms with Gasteiger partial charge in [0.15, 0.2) is 0 Å². The molecule has 3 rings (SSSR count). The number of benzene rings is 1. The number of likely N-dealkylation sites (tertiary alicyclic amines) is 1. The van der Waals surface area contributed by atoms with Crippen LogP contribution in [-0.2, 0) is 22.6 Å². The molecule has 1 aliphatic heterocycles. The fourth-order valence-corrected chi connectivity index (χ4v) is 3.34. The molecule has 0 radical (unpaired) electrons. The molecule has 5 heteroatoms. The molecular weight excluding hydrogens is 326 g/mol. The van der Waals surface area contributed by atoms with Crippen LogP contribution in [0.5, 0.6) is 0 Å². The van der Waals surface area contributed by atoms with Gasteiger partial charge in [-0.25, -0.2) is 0 Å². The Morgan fingerprint density at radius 3 is 2.62 bits per heavy atom. The number of piperidine rings is 1. The van der Waals surface area contributed by atoms with Crippen molar-refractivity contribution in [2.24, 2.45) is 5.92 Å². The van der Waals surface area contributed by atoms with Crippen molar-refractivity contribution < 1.29 is 9.59 Å². The SMILES string of the molecule is Cc1cccc(CC(=O)N2CCC(C(=O)NCc3cccnc3)CC2)c1. The zero-order valence-corrected chi connectivity index (χ0v) is 15.1. The summed E-state index contributed by atoms with van der Waals surface area (Å²) in [5, 5.41) is 2.98. The van der Waals surface area contributed by atoms with Crippen LogP contribution in [-0.4, -0.2) is 34.8 Å². The monoisotopic (exact) mass is 351 g/mol. The number of pyridine rings is 1. The van der Waals surface area contributed by atoms with Crippen molar-refractivity contribution in [3.05, 3.63) is 65.5 Å². The average Bonchev–Trinajstić information content (AvgIpc) is 2.67. The van der Waals surface area contributed by atoms with Gasteiger partial charge in [0, 0.05) is 37.9 Å². The first kappa shape index (κ1) is 18.1. The Morgan fingerprint density at radius 1 is 1.15 bits per heavy atom. The van der Waals surface area contributed by atoms with Gasteiger partial charge in [0.1, 0.15) is 0 Å². The summed E-state index contributed by atoms with van der Waals surface area (Å²) in [4.78, 5) is 30.8. The lowest BCUT2D eigenvalue weighted by Crippen LogP contribution is -2.43. The summed E-state index contributed by atoms with van der Waals surface area (Å²) >= 11 is 0. The summed E-state index contributed by atoms with van der Waals surface area (Å²) in [5.41, 5.74) is 3.21. The molecule has 0 unspecified atom stereocenters. The van der Waals surface area contributed by atoms with E-state index in [1.54, 1.807) is 12.4 Å². The standard InChI is InChI=1S/C21H25N3O2/c1-16-4-2-5-17(12-16)13-20(25)24-10-7-19(8-11-24)21(26)23-15-18-6-3-9-22-14-18/h2-6,9,12,14,19H,7-8,10-11,13,15H2,1H3,(H,23,26). The summed E-state index contributed by atoms with van der Waals surface area (Å²) in [5.74, 6) is 0.194. The number of rotatable bonds is 5. The number of amides is 2. The normalized spacial score (nSPS) is 14.9. The highest BCUT2D eigenvalue weighted by atomic mass is 16.2. The summed E-state index contributed by atoms with van der Waals surface area (Å²) in [6.45, 7) is 3.83. The van der Waals surface area contributed by atoms with Crippen molar-refractivity contribution in [2.75, 3.05) is 13.1 Å². The van der Waals surface area contributed by atoms with Crippen LogP contribution in [0, 0.1) is 12.8 Å². The Balaban J connectivity index is 1.44. The van der Waals surface area contributed by atoms with E-state index in [1.807, 2.05) is 42.2 Å². The molecular formula is C21H25N3O2. The molecule has 0 saturated carbocycles. The minimum Gasteiger partial charge on any atom is -0.352 e. The Morgan fingerprint density at radius 2 is 1.92 bits per heavy atom. The molecule has 2 amide bonds. The highest BCUT2D eigenvalue weighted by Crippen LogP contribution is 2.19. The number of hydrogen-bond donors (Lipinski definition) is 1. The topological polar surface area (TPSA) is 62.3 Å². The van der Waals surface area contributed by atoms with Crippen LogP contribution in [0.1, 0.15) is 29.5 Å². The summed E-state index contributed by atoms with van der Waals surface area (Å²) in [7, 11) is 0. The van der Waals surface area contributed by atoms with E-state index >= 15 is 0 Å². The van der Waals surface area contributed by atoms with E-state index in [0.717, 1.165) is 24.0 Å². The highest BCUT2D eigenvalue weighted by Gasteiger charge is 2.27. The van der Waals surface area contributed by atoms with E-state index in [4.69, 9.17) is 0 Å². The van der Waals surface area contributed by atoms with Crippen LogP contribution in [0.15, 0.2) is 48.8 Å². The molecule has 1 N–H and O–H groups in total. The molecule has 26 heavy (non-hydrogen) atoms. The van der Waals surface area contributed by atoms with E-state index in [1.165, 1.54) is 5.56 Å². The molecule has 5 nitrogen and oxygen atoms in total.